The minimum absolute atomic E-state index is 0.0467. The van der Waals surface area contributed by atoms with E-state index in [0.717, 1.165) is 17.7 Å². The molecule has 1 aromatic heterocycles. The third-order valence-corrected chi connectivity index (χ3v) is 6.65. The molecule has 5 rings (SSSR count). The van der Waals surface area contributed by atoms with Gasteiger partial charge >= 0.3 is 12.1 Å². The van der Waals surface area contributed by atoms with Crippen LogP contribution in [0.4, 0.5) is 17.6 Å². The first kappa shape index (κ1) is 27.9. The van der Waals surface area contributed by atoms with Crippen LogP contribution in [0.1, 0.15) is 37.4 Å². The fourth-order valence-electron chi connectivity index (χ4n) is 4.46. The number of nitrogens with one attached hydrogen (secondary N) is 1. The number of hydrogen-bond donors (Lipinski definition) is 2. The zero-order chi connectivity index (χ0) is 29.3. The van der Waals surface area contributed by atoms with E-state index in [9.17, 15) is 27.2 Å². The number of aromatic nitrogens is 2. The van der Waals surface area contributed by atoms with Crippen LogP contribution in [0.15, 0.2) is 85.1 Å². The van der Waals surface area contributed by atoms with E-state index >= 15 is 0 Å². The third kappa shape index (κ3) is 6.22. The van der Waals surface area contributed by atoms with Crippen LogP contribution < -0.4 is 5.32 Å². The van der Waals surface area contributed by atoms with E-state index in [1.54, 1.807) is 41.1 Å². The van der Waals surface area contributed by atoms with Crippen LogP contribution in [-0.2, 0) is 19.3 Å². The zero-order valence-corrected chi connectivity index (χ0v) is 21.8. The SMILES string of the molecule is O=C(O)c1ccc(CNC(=O)c2cc(-c3cc(F)cc(C(F)(F)F)c3)cc3cnn(Cc4cccc(Cl)c4)c23)cc1. The summed E-state index contributed by atoms with van der Waals surface area (Å²) in [6.45, 7) is 0.295. The Balaban J connectivity index is 1.57. The highest BCUT2D eigenvalue weighted by molar-refractivity contribution is 6.30. The molecule has 5 aromatic rings. The lowest BCUT2D eigenvalue weighted by atomic mass is 9.98. The van der Waals surface area contributed by atoms with Crippen LogP contribution in [0, 0.1) is 5.82 Å². The second kappa shape index (κ2) is 11.1. The third-order valence-electron chi connectivity index (χ3n) is 6.41. The van der Waals surface area contributed by atoms with E-state index in [2.05, 4.69) is 10.4 Å². The Morgan fingerprint density at radius 2 is 1.66 bits per heavy atom. The van der Waals surface area contributed by atoms with Crippen molar-refractivity contribution in [2.24, 2.45) is 0 Å². The van der Waals surface area contributed by atoms with E-state index in [0.29, 0.717) is 27.6 Å². The van der Waals surface area contributed by atoms with E-state index < -0.39 is 29.4 Å². The van der Waals surface area contributed by atoms with Crippen molar-refractivity contribution in [2.45, 2.75) is 19.3 Å². The molecule has 6 nitrogen and oxygen atoms in total. The summed E-state index contributed by atoms with van der Waals surface area (Å²) in [4.78, 5) is 24.6. The maximum atomic E-state index is 14.2. The summed E-state index contributed by atoms with van der Waals surface area (Å²) in [6, 6.07) is 18.2. The highest BCUT2D eigenvalue weighted by atomic mass is 35.5. The Morgan fingerprint density at radius 1 is 0.927 bits per heavy atom. The summed E-state index contributed by atoms with van der Waals surface area (Å²) in [5.41, 5.74) is 1.03. The van der Waals surface area contributed by atoms with Gasteiger partial charge in [0.15, 0.2) is 0 Å². The molecular weight excluding hydrogens is 562 g/mol. The molecule has 0 fully saturated rings. The van der Waals surface area contributed by atoms with Crippen molar-refractivity contribution >= 4 is 34.4 Å². The minimum atomic E-state index is -4.76. The lowest BCUT2D eigenvalue weighted by Gasteiger charge is -2.14. The molecule has 0 bridgehead atoms. The molecule has 0 spiro atoms. The first-order chi connectivity index (χ1) is 19.5. The number of fused-ring (bicyclic) bond motifs is 1. The van der Waals surface area contributed by atoms with Crippen molar-refractivity contribution in [1.82, 2.24) is 15.1 Å². The molecule has 0 unspecified atom stereocenters. The predicted octanol–water partition coefficient (Wildman–Crippen LogP) is 7.19. The lowest BCUT2D eigenvalue weighted by molar-refractivity contribution is -0.137. The number of carbonyl (C=O) groups is 2. The van der Waals surface area contributed by atoms with Gasteiger partial charge in [-0.3, -0.25) is 9.48 Å². The van der Waals surface area contributed by atoms with Crippen molar-refractivity contribution in [1.29, 1.82) is 0 Å². The van der Waals surface area contributed by atoms with Gasteiger partial charge in [-0.05, 0) is 76.9 Å². The maximum absolute atomic E-state index is 14.2. The summed E-state index contributed by atoms with van der Waals surface area (Å²) < 4.78 is 56.0. The lowest BCUT2D eigenvalue weighted by Crippen LogP contribution is -2.24. The van der Waals surface area contributed by atoms with Gasteiger partial charge in [0.2, 0.25) is 0 Å². The minimum Gasteiger partial charge on any atom is -0.478 e. The summed E-state index contributed by atoms with van der Waals surface area (Å²) in [5.74, 6) is -2.71. The number of alkyl halides is 3. The van der Waals surface area contributed by atoms with Crippen LogP contribution in [0.2, 0.25) is 5.02 Å². The predicted molar refractivity (Wildman–Crippen MR) is 145 cm³/mol. The molecule has 41 heavy (non-hydrogen) atoms. The molecule has 208 valence electrons. The van der Waals surface area contributed by atoms with Crippen molar-refractivity contribution < 1.29 is 32.3 Å². The van der Waals surface area contributed by atoms with Crippen LogP contribution in [-0.4, -0.2) is 26.8 Å². The van der Waals surface area contributed by atoms with Gasteiger partial charge < -0.3 is 10.4 Å². The largest absolute Gasteiger partial charge is 0.478 e. The molecule has 0 aliphatic carbocycles. The van der Waals surface area contributed by atoms with Crippen molar-refractivity contribution in [2.75, 3.05) is 0 Å². The zero-order valence-electron chi connectivity index (χ0n) is 21.0. The summed E-state index contributed by atoms with van der Waals surface area (Å²) in [5, 5.41) is 17.2. The number of carboxylic acids is 1. The maximum Gasteiger partial charge on any atom is 0.416 e. The standard InChI is InChI=1S/C30H20ClF4N3O3/c31-24-3-1-2-18(8-24)16-38-27-22(15-37-38)9-20(21-10-23(30(33,34)35)13-25(32)11-21)12-26(27)28(39)36-14-17-4-6-19(7-5-17)29(40)41/h1-13,15H,14,16H2,(H,36,39)(H,40,41). The summed E-state index contributed by atoms with van der Waals surface area (Å²) in [6.07, 6.45) is -3.28. The first-order valence-corrected chi connectivity index (χ1v) is 12.6. The molecule has 4 aromatic carbocycles. The van der Waals surface area contributed by atoms with E-state index in [1.165, 1.54) is 24.4 Å². The van der Waals surface area contributed by atoms with Crippen LogP contribution in [0.25, 0.3) is 22.0 Å². The van der Waals surface area contributed by atoms with E-state index in [-0.39, 0.29) is 35.3 Å². The number of rotatable bonds is 7. The van der Waals surface area contributed by atoms with Gasteiger partial charge in [0.05, 0.1) is 34.9 Å². The molecule has 0 atom stereocenters. The molecule has 0 saturated heterocycles. The Labute approximate surface area is 235 Å². The van der Waals surface area contributed by atoms with Crippen LogP contribution >= 0.6 is 11.6 Å². The topological polar surface area (TPSA) is 84.2 Å². The van der Waals surface area contributed by atoms with Gasteiger partial charge in [-0.2, -0.15) is 18.3 Å². The van der Waals surface area contributed by atoms with Crippen LogP contribution in [0.3, 0.4) is 0 Å². The Hall–Kier alpha value is -4.70. The highest BCUT2D eigenvalue weighted by Gasteiger charge is 2.31. The summed E-state index contributed by atoms with van der Waals surface area (Å²) in [7, 11) is 0. The average molecular weight is 582 g/mol. The number of halogens is 5. The Morgan fingerprint density at radius 3 is 2.34 bits per heavy atom. The molecule has 0 aliphatic heterocycles. The average Bonchev–Trinajstić information content (AvgIpc) is 3.33. The van der Waals surface area contributed by atoms with Gasteiger partial charge in [-0.1, -0.05) is 35.9 Å². The molecule has 1 amide bonds. The first-order valence-electron chi connectivity index (χ1n) is 12.2. The molecule has 1 heterocycles. The van der Waals surface area contributed by atoms with Crippen molar-refractivity contribution in [3.63, 3.8) is 0 Å². The fraction of sp³-hybridized carbons (Fsp3) is 0.100. The number of aromatic carboxylic acids is 1. The molecule has 0 saturated carbocycles. The Bertz CT molecular complexity index is 1780. The smallest absolute Gasteiger partial charge is 0.416 e. The number of carbonyl (C=O) groups excluding carboxylic acids is 1. The van der Waals surface area contributed by atoms with Gasteiger partial charge in [0.25, 0.3) is 5.91 Å². The van der Waals surface area contributed by atoms with Gasteiger partial charge in [0.1, 0.15) is 5.82 Å². The number of amides is 1. The second-order valence-electron chi connectivity index (χ2n) is 9.30. The molecule has 2 N–H and O–H groups in total. The highest BCUT2D eigenvalue weighted by Crippen LogP contribution is 2.35. The molecule has 0 aliphatic rings. The molecule has 0 radical (unpaired) electrons. The fourth-order valence-corrected chi connectivity index (χ4v) is 4.68. The van der Waals surface area contributed by atoms with Gasteiger partial charge in [-0.25, -0.2) is 9.18 Å². The summed E-state index contributed by atoms with van der Waals surface area (Å²) >= 11 is 6.12. The Kier molecular flexibility index (Phi) is 7.51. The normalized spacial score (nSPS) is 11.5. The van der Waals surface area contributed by atoms with Crippen molar-refractivity contribution in [3.05, 3.63) is 124 Å². The number of carboxylic acid groups (broad SMARTS) is 1. The van der Waals surface area contributed by atoms with Gasteiger partial charge in [0, 0.05) is 17.0 Å². The second-order valence-corrected chi connectivity index (χ2v) is 9.74. The number of nitrogens with zero attached hydrogens (tertiary/aromatic N) is 2. The quantitative estimate of drug-likeness (QED) is 0.199. The van der Waals surface area contributed by atoms with Crippen LogP contribution in [0.5, 0.6) is 0 Å². The molecule has 11 heteroatoms. The van der Waals surface area contributed by atoms with E-state index in [4.69, 9.17) is 16.7 Å². The van der Waals surface area contributed by atoms with Crippen molar-refractivity contribution in [3.8, 4) is 11.1 Å². The number of hydrogen-bond acceptors (Lipinski definition) is 3. The van der Waals surface area contributed by atoms with Gasteiger partial charge in [-0.15, -0.1) is 0 Å². The monoisotopic (exact) mass is 581 g/mol. The van der Waals surface area contributed by atoms with E-state index in [1.807, 2.05) is 6.07 Å². The number of benzene rings is 4. The molecular formula is C30H20ClF4N3O3.